The standard InChI is InChI=1S/C19H21ClN2O6S/c1-4-27-16-8-6-5-7-14(16)19(24)28-12-18(23)21-13-9-10-15(20)17(11-13)29(25,26)22(2)3/h5-11H,4,12H2,1-3H3,(H,21,23). The van der Waals surface area contributed by atoms with Gasteiger partial charge in [0.25, 0.3) is 5.91 Å². The number of sulfonamides is 1. The van der Waals surface area contributed by atoms with E-state index in [1.54, 1.807) is 25.1 Å². The van der Waals surface area contributed by atoms with E-state index in [2.05, 4.69) is 5.32 Å². The van der Waals surface area contributed by atoms with Gasteiger partial charge in [0.15, 0.2) is 6.61 Å². The zero-order chi connectivity index (χ0) is 21.6. The molecule has 1 N–H and O–H groups in total. The average molecular weight is 441 g/mol. The maximum Gasteiger partial charge on any atom is 0.342 e. The number of benzene rings is 2. The molecule has 8 nitrogen and oxygen atoms in total. The summed E-state index contributed by atoms with van der Waals surface area (Å²) in [7, 11) is -1.04. The summed E-state index contributed by atoms with van der Waals surface area (Å²) < 4.78 is 36.0. The molecule has 0 unspecified atom stereocenters. The van der Waals surface area contributed by atoms with Gasteiger partial charge in [-0.1, -0.05) is 23.7 Å². The van der Waals surface area contributed by atoms with E-state index >= 15 is 0 Å². The van der Waals surface area contributed by atoms with E-state index in [4.69, 9.17) is 21.1 Å². The largest absolute Gasteiger partial charge is 0.493 e. The minimum atomic E-state index is -3.79. The Hall–Kier alpha value is -2.62. The van der Waals surface area contributed by atoms with Crippen molar-refractivity contribution < 1.29 is 27.5 Å². The molecule has 0 radical (unpaired) electrons. The Morgan fingerprint density at radius 3 is 2.48 bits per heavy atom. The molecule has 0 aromatic heterocycles. The number of para-hydroxylation sites is 1. The molecule has 10 heteroatoms. The smallest absolute Gasteiger partial charge is 0.342 e. The number of halogens is 1. The number of nitrogens with zero attached hydrogens (tertiary/aromatic N) is 1. The number of ether oxygens (including phenoxy) is 2. The van der Waals surface area contributed by atoms with E-state index < -0.39 is 28.5 Å². The van der Waals surface area contributed by atoms with E-state index in [-0.39, 0.29) is 21.2 Å². The highest BCUT2D eigenvalue weighted by Crippen LogP contribution is 2.27. The number of esters is 1. The SMILES string of the molecule is CCOc1ccccc1C(=O)OCC(=O)Nc1ccc(Cl)c(S(=O)(=O)N(C)C)c1. The van der Waals surface area contributed by atoms with Gasteiger partial charge in [-0.3, -0.25) is 4.79 Å². The summed E-state index contributed by atoms with van der Waals surface area (Å²) in [5, 5.41) is 2.50. The lowest BCUT2D eigenvalue weighted by Crippen LogP contribution is -2.23. The average Bonchev–Trinajstić information content (AvgIpc) is 2.68. The molecule has 0 heterocycles. The molecular weight excluding hydrogens is 420 g/mol. The Balaban J connectivity index is 2.06. The summed E-state index contributed by atoms with van der Waals surface area (Å²) in [4.78, 5) is 24.2. The molecule has 156 valence electrons. The first-order valence-corrected chi connectivity index (χ1v) is 10.4. The molecule has 0 bridgehead atoms. The number of carbonyl (C=O) groups is 2. The molecule has 29 heavy (non-hydrogen) atoms. The fraction of sp³-hybridized carbons (Fsp3) is 0.263. The van der Waals surface area contributed by atoms with Crippen LogP contribution in [0.2, 0.25) is 5.02 Å². The van der Waals surface area contributed by atoms with Gasteiger partial charge >= 0.3 is 5.97 Å². The van der Waals surface area contributed by atoms with Gasteiger partial charge in [-0.05, 0) is 37.3 Å². The van der Waals surface area contributed by atoms with Crippen LogP contribution >= 0.6 is 11.6 Å². The fourth-order valence-electron chi connectivity index (χ4n) is 2.30. The van der Waals surface area contributed by atoms with E-state index in [0.29, 0.717) is 12.4 Å². The van der Waals surface area contributed by atoms with Crippen molar-refractivity contribution >= 4 is 39.2 Å². The second-order valence-electron chi connectivity index (χ2n) is 5.99. The molecule has 0 saturated carbocycles. The summed E-state index contributed by atoms with van der Waals surface area (Å²) in [6.45, 7) is 1.60. The molecule has 2 aromatic carbocycles. The van der Waals surface area contributed by atoms with Crippen LogP contribution in [-0.4, -0.2) is 51.9 Å². The Labute approximate surface area is 174 Å². The van der Waals surface area contributed by atoms with Crippen molar-refractivity contribution in [3.8, 4) is 5.75 Å². The molecule has 0 saturated heterocycles. The second kappa shape index (κ2) is 9.73. The maximum atomic E-state index is 12.3. The summed E-state index contributed by atoms with van der Waals surface area (Å²) >= 11 is 5.97. The predicted molar refractivity (Wildman–Crippen MR) is 109 cm³/mol. The molecule has 0 spiro atoms. The Kier molecular flexibility index (Phi) is 7.60. The van der Waals surface area contributed by atoms with Crippen molar-refractivity contribution in [2.75, 3.05) is 32.6 Å². The van der Waals surface area contributed by atoms with Crippen LogP contribution in [-0.2, 0) is 19.6 Å². The van der Waals surface area contributed by atoms with Gasteiger partial charge in [-0.15, -0.1) is 0 Å². The first kappa shape index (κ1) is 22.7. The van der Waals surface area contributed by atoms with Crippen LogP contribution in [0.15, 0.2) is 47.4 Å². The van der Waals surface area contributed by atoms with Gasteiger partial charge in [-0.25, -0.2) is 17.5 Å². The van der Waals surface area contributed by atoms with Gasteiger partial charge in [0.05, 0.1) is 11.6 Å². The van der Waals surface area contributed by atoms with Crippen LogP contribution in [0.4, 0.5) is 5.69 Å². The second-order valence-corrected chi connectivity index (χ2v) is 8.51. The normalized spacial score (nSPS) is 11.2. The molecule has 2 aromatic rings. The lowest BCUT2D eigenvalue weighted by Gasteiger charge is -2.14. The summed E-state index contributed by atoms with van der Waals surface area (Å²) in [6, 6.07) is 10.6. The molecule has 0 aliphatic carbocycles. The van der Waals surface area contributed by atoms with E-state index in [1.807, 2.05) is 0 Å². The fourth-order valence-corrected chi connectivity index (χ4v) is 3.69. The quantitative estimate of drug-likeness (QED) is 0.633. The van der Waals surface area contributed by atoms with Gasteiger partial charge in [0, 0.05) is 19.8 Å². The highest BCUT2D eigenvalue weighted by Gasteiger charge is 2.22. The van der Waals surface area contributed by atoms with Crippen LogP contribution in [0, 0.1) is 0 Å². The van der Waals surface area contributed by atoms with Crippen LogP contribution in [0.5, 0.6) is 5.75 Å². The number of carbonyl (C=O) groups excluding carboxylic acids is 2. The Bertz CT molecular complexity index is 1010. The lowest BCUT2D eigenvalue weighted by molar-refractivity contribution is -0.119. The molecule has 2 rings (SSSR count). The molecule has 1 amide bonds. The van der Waals surface area contributed by atoms with Crippen molar-refractivity contribution in [3.63, 3.8) is 0 Å². The van der Waals surface area contributed by atoms with E-state index in [9.17, 15) is 18.0 Å². The molecule has 0 aliphatic rings. The molecule has 0 aliphatic heterocycles. The van der Waals surface area contributed by atoms with E-state index in [1.165, 1.54) is 38.4 Å². The van der Waals surface area contributed by atoms with Gasteiger partial charge in [-0.2, -0.15) is 0 Å². The zero-order valence-corrected chi connectivity index (χ0v) is 17.7. The summed E-state index contributed by atoms with van der Waals surface area (Å²) in [6.07, 6.45) is 0. The number of anilines is 1. The lowest BCUT2D eigenvalue weighted by atomic mass is 10.2. The number of amides is 1. The summed E-state index contributed by atoms with van der Waals surface area (Å²) in [5.41, 5.74) is 0.401. The topological polar surface area (TPSA) is 102 Å². The number of hydrogen-bond donors (Lipinski definition) is 1. The minimum Gasteiger partial charge on any atom is -0.493 e. The minimum absolute atomic E-state index is 0.0238. The monoisotopic (exact) mass is 440 g/mol. The predicted octanol–water partition coefficient (Wildman–Crippen LogP) is 2.78. The van der Waals surface area contributed by atoms with Gasteiger partial charge < -0.3 is 14.8 Å². The maximum absolute atomic E-state index is 12.3. The highest BCUT2D eigenvalue weighted by atomic mass is 35.5. The van der Waals surface area contributed by atoms with Crippen LogP contribution in [0.3, 0.4) is 0 Å². The van der Waals surface area contributed by atoms with Crippen molar-refractivity contribution in [1.29, 1.82) is 0 Å². The summed E-state index contributed by atoms with van der Waals surface area (Å²) in [5.74, 6) is -0.990. The Morgan fingerprint density at radius 2 is 1.83 bits per heavy atom. The number of hydrogen-bond acceptors (Lipinski definition) is 6. The van der Waals surface area contributed by atoms with E-state index in [0.717, 1.165) is 4.31 Å². The number of nitrogens with one attached hydrogen (secondary N) is 1. The van der Waals surface area contributed by atoms with Crippen LogP contribution < -0.4 is 10.1 Å². The zero-order valence-electron chi connectivity index (χ0n) is 16.1. The van der Waals surface area contributed by atoms with Gasteiger partial charge in [0.2, 0.25) is 10.0 Å². The molecule has 0 fully saturated rings. The third-order valence-electron chi connectivity index (χ3n) is 3.71. The van der Waals surface area contributed by atoms with Crippen molar-refractivity contribution in [2.24, 2.45) is 0 Å². The number of rotatable bonds is 8. The van der Waals surface area contributed by atoms with Crippen LogP contribution in [0.25, 0.3) is 0 Å². The molecular formula is C19H21ClN2O6S. The van der Waals surface area contributed by atoms with Crippen molar-refractivity contribution in [2.45, 2.75) is 11.8 Å². The Morgan fingerprint density at radius 1 is 1.14 bits per heavy atom. The third-order valence-corrected chi connectivity index (χ3v) is 6.01. The molecule has 0 atom stereocenters. The first-order valence-electron chi connectivity index (χ1n) is 8.57. The van der Waals surface area contributed by atoms with Crippen LogP contribution in [0.1, 0.15) is 17.3 Å². The highest BCUT2D eigenvalue weighted by molar-refractivity contribution is 7.89. The van der Waals surface area contributed by atoms with Crippen molar-refractivity contribution in [3.05, 3.63) is 53.1 Å². The third kappa shape index (κ3) is 5.69. The van der Waals surface area contributed by atoms with Gasteiger partial charge in [0.1, 0.15) is 16.2 Å². The van der Waals surface area contributed by atoms with Crippen molar-refractivity contribution in [1.82, 2.24) is 4.31 Å². The first-order chi connectivity index (χ1) is 13.7.